The molecule has 0 atom stereocenters. The fourth-order valence-electron chi connectivity index (χ4n) is 1.61. The summed E-state index contributed by atoms with van der Waals surface area (Å²) in [7, 11) is 0. The quantitative estimate of drug-likeness (QED) is 0.770. The molecule has 0 radical (unpaired) electrons. The fraction of sp³-hybridized carbons (Fsp3) is 0.231. The zero-order valence-corrected chi connectivity index (χ0v) is 10.5. The maximum Gasteiger partial charge on any atom is 0.271 e. The summed E-state index contributed by atoms with van der Waals surface area (Å²) in [5.74, 6) is -0.482. The lowest BCUT2D eigenvalue weighted by molar-refractivity contribution is -0.120. The van der Waals surface area contributed by atoms with E-state index in [4.69, 9.17) is 0 Å². The second kappa shape index (κ2) is 4.75. The van der Waals surface area contributed by atoms with E-state index < -0.39 is 0 Å². The first kappa shape index (κ1) is 11.9. The molecule has 1 aromatic rings. The van der Waals surface area contributed by atoms with E-state index in [9.17, 15) is 9.59 Å². The average molecular weight is 247 g/mol. The van der Waals surface area contributed by atoms with E-state index in [2.05, 4.69) is 0 Å². The molecule has 1 aliphatic heterocycles. The van der Waals surface area contributed by atoms with Crippen LogP contribution in [0.5, 0.6) is 0 Å². The number of hydrogen-bond acceptors (Lipinski definition) is 3. The predicted molar refractivity (Wildman–Crippen MR) is 69.7 cm³/mol. The van der Waals surface area contributed by atoms with E-state index in [1.807, 2.05) is 32.0 Å². The van der Waals surface area contributed by atoms with Crippen molar-refractivity contribution in [3.8, 4) is 0 Å². The monoisotopic (exact) mass is 247 g/mol. The predicted octanol–water partition coefficient (Wildman–Crippen LogP) is 2.59. The molecule has 1 aliphatic rings. The summed E-state index contributed by atoms with van der Waals surface area (Å²) in [6.07, 6.45) is 1.42. The zero-order valence-electron chi connectivity index (χ0n) is 9.71. The van der Waals surface area contributed by atoms with Gasteiger partial charge in [-0.1, -0.05) is 32.0 Å². The minimum absolute atomic E-state index is 0.222. The number of thioether (sulfide) groups is 1. The van der Waals surface area contributed by atoms with E-state index in [-0.39, 0.29) is 17.1 Å². The molecule has 0 unspecified atom stereocenters. The van der Waals surface area contributed by atoms with Gasteiger partial charge in [-0.3, -0.25) is 9.59 Å². The highest BCUT2D eigenvalue weighted by Gasteiger charge is 2.32. The molecule has 88 valence electrons. The van der Waals surface area contributed by atoms with Crippen LogP contribution >= 0.6 is 11.8 Å². The van der Waals surface area contributed by atoms with Crippen LogP contribution in [0.1, 0.15) is 13.8 Å². The molecule has 0 N–H and O–H groups in total. The van der Waals surface area contributed by atoms with Gasteiger partial charge < -0.3 is 0 Å². The average Bonchev–Trinajstić information content (AvgIpc) is 2.54. The van der Waals surface area contributed by atoms with Gasteiger partial charge in [-0.2, -0.15) is 0 Å². The minimum Gasteiger partial charge on any atom is -0.269 e. The van der Waals surface area contributed by atoms with E-state index >= 15 is 0 Å². The van der Waals surface area contributed by atoms with Crippen molar-refractivity contribution in [1.82, 2.24) is 0 Å². The van der Waals surface area contributed by atoms with Crippen LogP contribution in [0.4, 0.5) is 5.69 Å². The Labute approximate surface area is 104 Å². The van der Waals surface area contributed by atoms with Gasteiger partial charge in [0.05, 0.1) is 10.6 Å². The fourth-order valence-corrected chi connectivity index (χ4v) is 2.48. The van der Waals surface area contributed by atoms with Crippen LogP contribution in [-0.4, -0.2) is 17.1 Å². The summed E-state index contributed by atoms with van der Waals surface area (Å²) in [5, 5.41) is 0.286. The third-order valence-corrected chi connectivity index (χ3v) is 3.28. The van der Waals surface area contributed by atoms with Gasteiger partial charge in [-0.05, 0) is 12.1 Å². The molecule has 0 aliphatic carbocycles. The molecule has 3 nitrogen and oxygen atoms in total. The normalized spacial score (nSPS) is 15.7. The minimum atomic E-state index is -0.260. The molecule has 4 heteroatoms. The summed E-state index contributed by atoms with van der Waals surface area (Å²) in [6, 6.07) is 8.98. The van der Waals surface area contributed by atoms with E-state index in [1.165, 1.54) is 22.7 Å². The second-order valence-corrected chi connectivity index (χ2v) is 5.61. The highest BCUT2D eigenvalue weighted by molar-refractivity contribution is 8.04. The maximum atomic E-state index is 12.1. The molecule has 2 rings (SSSR count). The molecule has 0 aromatic heterocycles. The van der Waals surface area contributed by atoms with Gasteiger partial charge in [-0.25, -0.2) is 4.90 Å². The molecular weight excluding hydrogens is 234 g/mol. The number of anilines is 1. The molecular formula is C13H13NO2S. The Morgan fingerprint density at radius 2 is 1.76 bits per heavy atom. The lowest BCUT2D eigenvalue weighted by Gasteiger charge is -2.14. The summed E-state index contributed by atoms with van der Waals surface area (Å²) < 4.78 is 0. The van der Waals surface area contributed by atoms with Crippen molar-refractivity contribution in [2.75, 3.05) is 4.90 Å². The van der Waals surface area contributed by atoms with Crippen molar-refractivity contribution in [3.63, 3.8) is 0 Å². The highest BCUT2D eigenvalue weighted by atomic mass is 32.2. The van der Waals surface area contributed by atoms with Gasteiger partial charge in [0, 0.05) is 11.3 Å². The smallest absolute Gasteiger partial charge is 0.269 e. The Balaban J connectivity index is 2.25. The maximum absolute atomic E-state index is 12.1. The third kappa shape index (κ3) is 2.42. The van der Waals surface area contributed by atoms with E-state index in [0.29, 0.717) is 10.6 Å². The van der Waals surface area contributed by atoms with E-state index in [1.54, 1.807) is 12.1 Å². The first-order valence-electron chi connectivity index (χ1n) is 5.41. The topological polar surface area (TPSA) is 37.4 Å². The van der Waals surface area contributed by atoms with Crippen LogP contribution in [-0.2, 0) is 9.59 Å². The lowest BCUT2D eigenvalue weighted by Crippen LogP contribution is -2.30. The number of carbonyl (C=O) groups is 2. The molecule has 1 heterocycles. The summed E-state index contributed by atoms with van der Waals surface area (Å²) >= 11 is 1.42. The number of carbonyl (C=O) groups excluding carboxylic acids is 2. The molecule has 0 fully saturated rings. The summed E-state index contributed by atoms with van der Waals surface area (Å²) in [4.78, 5) is 25.6. The van der Waals surface area contributed by atoms with Gasteiger partial charge in [0.1, 0.15) is 0 Å². The number of imide groups is 1. The molecule has 2 amide bonds. The molecule has 0 bridgehead atoms. The van der Waals surface area contributed by atoms with Gasteiger partial charge in [0.25, 0.3) is 11.8 Å². The van der Waals surface area contributed by atoms with Crippen LogP contribution in [0.3, 0.4) is 0 Å². The molecule has 0 saturated heterocycles. The number of rotatable bonds is 3. The van der Waals surface area contributed by atoms with Crippen molar-refractivity contribution in [1.29, 1.82) is 0 Å². The second-order valence-electron chi connectivity index (χ2n) is 3.99. The lowest BCUT2D eigenvalue weighted by atomic mass is 10.3. The first-order chi connectivity index (χ1) is 8.09. The van der Waals surface area contributed by atoms with Gasteiger partial charge in [-0.15, -0.1) is 11.8 Å². The summed E-state index contributed by atoms with van der Waals surface area (Å²) in [6.45, 7) is 3.99. The van der Waals surface area contributed by atoms with E-state index in [0.717, 1.165) is 0 Å². The highest BCUT2D eigenvalue weighted by Crippen LogP contribution is 2.30. The van der Waals surface area contributed by atoms with Gasteiger partial charge in [0.2, 0.25) is 0 Å². The Morgan fingerprint density at radius 1 is 1.12 bits per heavy atom. The Hall–Kier alpha value is -1.55. The van der Waals surface area contributed by atoms with Crippen LogP contribution in [0, 0.1) is 0 Å². The zero-order chi connectivity index (χ0) is 12.4. The first-order valence-corrected chi connectivity index (χ1v) is 6.29. The van der Waals surface area contributed by atoms with Crippen LogP contribution in [0.25, 0.3) is 0 Å². The van der Waals surface area contributed by atoms with Crippen molar-refractivity contribution in [3.05, 3.63) is 41.3 Å². The Bertz CT molecular complexity index is 479. The number of para-hydroxylation sites is 1. The van der Waals surface area contributed by atoms with Crippen molar-refractivity contribution < 1.29 is 9.59 Å². The number of benzene rings is 1. The number of nitrogens with zero attached hydrogens (tertiary/aromatic N) is 1. The SMILES string of the molecule is CC(C)SC1=CC(=O)N(c2ccccc2)C1=O. The van der Waals surface area contributed by atoms with Crippen LogP contribution < -0.4 is 4.90 Å². The Kier molecular flexibility index (Phi) is 3.33. The van der Waals surface area contributed by atoms with Gasteiger partial charge >= 0.3 is 0 Å². The van der Waals surface area contributed by atoms with Crippen LogP contribution in [0.15, 0.2) is 41.3 Å². The van der Waals surface area contributed by atoms with Crippen molar-refractivity contribution >= 4 is 29.3 Å². The molecule has 17 heavy (non-hydrogen) atoms. The van der Waals surface area contributed by atoms with Crippen LogP contribution in [0.2, 0.25) is 0 Å². The third-order valence-electron chi connectivity index (χ3n) is 2.27. The largest absolute Gasteiger partial charge is 0.271 e. The number of amides is 2. The number of hydrogen-bond donors (Lipinski definition) is 0. The van der Waals surface area contributed by atoms with Gasteiger partial charge in [0.15, 0.2) is 0 Å². The molecule has 0 saturated carbocycles. The standard InChI is InChI=1S/C13H13NO2S/c1-9(2)17-11-8-12(15)14(13(11)16)10-6-4-3-5-7-10/h3-9H,1-2H3. The Morgan fingerprint density at radius 3 is 2.35 bits per heavy atom. The van der Waals surface area contributed by atoms with Crippen molar-refractivity contribution in [2.24, 2.45) is 0 Å². The van der Waals surface area contributed by atoms with Crippen molar-refractivity contribution in [2.45, 2.75) is 19.1 Å². The molecule has 0 spiro atoms. The molecule has 1 aromatic carbocycles. The summed E-state index contributed by atoms with van der Waals surface area (Å²) in [5.41, 5.74) is 0.623.